The third-order valence-electron chi connectivity index (χ3n) is 2.79. The van der Waals surface area contributed by atoms with Crippen molar-refractivity contribution in [3.05, 3.63) is 43.5 Å². The smallest absolute Gasteiger partial charge is 0.371 e. The molecule has 2 aromatic heterocycles. The van der Waals surface area contributed by atoms with E-state index >= 15 is 0 Å². The van der Waals surface area contributed by atoms with Gasteiger partial charge in [-0.1, -0.05) is 0 Å². The number of pyridine rings is 1. The number of halogens is 4. The minimum atomic E-state index is -4.60. The van der Waals surface area contributed by atoms with Crippen LogP contribution in [0.5, 0.6) is 0 Å². The fourth-order valence-electron chi connectivity index (χ4n) is 1.81. The van der Waals surface area contributed by atoms with E-state index in [1.165, 1.54) is 6.20 Å². The molecule has 0 amide bonds. The Bertz CT molecular complexity index is 763. The maximum atomic E-state index is 13.2. The molecule has 0 bridgehead atoms. The summed E-state index contributed by atoms with van der Waals surface area (Å²) in [4.78, 5) is 15.8. The molecule has 8 heteroatoms. The van der Waals surface area contributed by atoms with Crippen LogP contribution in [0, 0.1) is 3.57 Å². The zero-order valence-electron chi connectivity index (χ0n) is 12.2. The van der Waals surface area contributed by atoms with Gasteiger partial charge in [-0.25, -0.2) is 4.98 Å². The number of aromatic nitrogens is 2. The first-order chi connectivity index (χ1) is 9.99. The van der Waals surface area contributed by atoms with Crippen molar-refractivity contribution >= 4 is 28.2 Å². The highest BCUT2D eigenvalue weighted by atomic mass is 127. The molecule has 0 aliphatic rings. The van der Waals surface area contributed by atoms with Crippen molar-refractivity contribution in [1.82, 2.24) is 9.38 Å². The van der Waals surface area contributed by atoms with Crippen LogP contribution in [-0.2, 0) is 17.5 Å². The highest BCUT2D eigenvalue weighted by Crippen LogP contribution is 2.32. The molecule has 120 valence electrons. The van der Waals surface area contributed by atoms with Crippen LogP contribution in [0.25, 0.3) is 5.65 Å². The van der Waals surface area contributed by atoms with E-state index < -0.39 is 28.5 Å². The zero-order chi connectivity index (χ0) is 16.7. The van der Waals surface area contributed by atoms with E-state index in [-0.39, 0.29) is 15.7 Å². The van der Waals surface area contributed by atoms with Gasteiger partial charge in [0.2, 0.25) is 0 Å². The summed E-state index contributed by atoms with van der Waals surface area (Å²) in [5.74, 6) is 0. The molecule has 0 radical (unpaired) electrons. The first-order valence-corrected chi connectivity index (χ1v) is 7.48. The first kappa shape index (κ1) is 17.2. The van der Waals surface area contributed by atoms with Crippen molar-refractivity contribution in [1.29, 1.82) is 0 Å². The standard InChI is InChI=1S/C14H14F3IN2O2/c1-13(2,3)22-7-8-4-9(14(15,16)17)11-19-5-10(18)12(21)20(11)6-8/h4-6H,7H2,1-3H3. The van der Waals surface area contributed by atoms with Crippen molar-refractivity contribution in [3.63, 3.8) is 0 Å². The fraction of sp³-hybridized carbons (Fsp3) is 0.429. The second-order valence-electron chi connectivity index (χ2n) is 5.77. The van der Waals surface area contributed by atoms with E-state index in [2.05, 4.69) is 4.98 Å². The van der Waals surface area contributed by atoms with Crippen molar-refractivity contribution in [2.75, 3.05) is 0 Å². The summed E-state index contributed by atoms with van der Waals surface area (Å²) in [6.45, 7) is 5.38. The van der Waals surface area contributed by atoms with Gasteiger partial charge in [-0.2, -0.15) is 13.2 Å². The molecule has 2 aromatic rings. The summed E-state index contributed by atoms with van der Waals surface area (Å²) >= 11 is 1.74. The molecular weight excluding hydrogens is 412 g/mol. The normalized spacial score (nSPS) is 12.9. The van der Waals surface area contributed by atoms with Crippen molar-refractivity contribution < 1.29 is 17.9 Å². The molecule has 0 aliphatic carbocycles. The summed E-state index contributed by atoms with van der Waals surface area (Å²) < 4.78 is 46.3. The van der Waals surface area contributed by atoms with Gasteiger partial charge in [-0.3, -0.25) is 9.20 Å². The Morgan fingerprint density at radius 3 is 2.50 bits per heavy atom. The summed E-state index contributed by atoms with van der Waals surface area (Å²) in [7, 11) is 0. The van der Waals surface area contributed by atoms with Crippen molar-refractivity contribution in [2.24, 2.45) is 0 Å². The number of hydrogen-bond acceptors (Lipinski definition) is 3. The third kappa shape index (κ3) is 3.78. The molecule has 2 heterocycles. The molecule has 0 atom stereocenters. The minimum absolute atomic E-state index is 0.0273. The van der Waals surface area contributed by atoms with Crippen LogP contribution in [0.4, 0.5) is 13.2 Å². The average Bonchev–Trinajstić information content (AvgIpc) is 2.38. The Kier molecular flexibility index (Phi) is 4.54. The lowest BCUT2D eigenvalue weighted by molar-refractivity contribution is -0.136. The van der Waals surface area contributed by atoms with Gasteiger partial charge < -0.3 is 4.74 Å². The van der Waals surface area contributed by atoms with E-state index in [1.807, 2.05) is 0 Å². The van der Waals surface area contributed by atoms with Crippen LogP contribution in [0.1, 0.15) is 31.9 Å². The van der Waals surface area contributed by atoms with E-state index in [4.69, 9.17) is 4.74 Å². The van der Waals surface area contributed by atoms with Crippen molar-refractivity contribution in [3.8, 4) is 0 Å². The van der Waals surface area contributed by atoms with Gasteiger partial charge in [0.1, 0.15) is 0 Å². The predicted octanol–water partition coefficient (Wildman–Crippen LogP) is 3.63. The van der Waals surface area contributed by atoms with Gasteiger partial charge in [0.05, 0.1) is 21.3 Å². The Hall–Kier alpha value is -1.16. The maximum Gasteiger partial charge on any atom is 0.419 e. The quantitative estimate of drug-likeness (QED) is 0.690. The molecule has 0 N–H and O–H groups in total. The van der Waals surface area contributed by atoms with Gasteiger partial charge in [0.15, 0.2) is 5.65 Å². The van der Waals surface area contributed by atoms with Crippen LogP contribution >= 0.6 is 22.6 Å². The number of alkyl halides is 3. The molecule has 0 fully saturated rings. The van der Waals surface area contributed by atoms with E-state index in [0.717, 1.165) is 16.7 Å². The van der Waals surface area contributed by atoms with Crippen LogP contribution in [-0.4, -0.2) is 15.0 Å². The second-order valence-corrected chi connectivity index (χ2v) is 6.93. The molecule has 0 spiro atoms. The Labute approximate surface area is 138 Å². The third-order valence-corrected chi connectivity index (χ3v) is 3.53. The SMILES string of the molecule is CC(C)(C)OCc1cc(C(F)(F)F)c2ncc(I)c(=O)n2c1. The largest absolute Gasteiger partial charge is 0.419 e. The molecule has 2 rings (SSSR count). The van der Waals surface area contributed by atoms with Gasteiger partial charge in [-0.05, 0) is 55.0 Å². The first-order valence-electron chi connectivity index (χ1n) is 6.40. The predicted molar refractivity (Wildman–Crippen MR) is 83.7 cm³/mol. The van der Waals surface area contributed by atoms with Gasteiger partial charge in [0.25, 0.3) is 5.56 Å². The van der Waals surface area contributed by atoms with E-state index in [9.17, 15) is 18.0 Å². The number of ether oxygens (including phenoxy) is 1. The highest BCUT2D eigenvalue weighted by Gasteiger charge is 2.34. The molecule has 0 saturated carbocycles. The topological polar surface area (TPSA) is 43.6 Å². The molecule has 0 aliphatic heterocycles. The monoisotopic (exact) mass is 426 g/mol. The lowest BCUT2D eigenvalue weighted by Crippen LogP contribution is -2.23. The molecule has 0 saturated heterocycles. The number of hydrogen-bond donors (Lipinski definition) is 0. The Morgan fingerprint density at radius 1 is 1.32 bits per heavy atom. The van der Waals surface area contributed by atoms with Gasteiger partial charge in [-0.15, -0.1) is 0 Å². The fourth-order valence-corrected chi connectivity index (χ4v) is 2.21. The van der Waals surface area contributed by atoms with Crippen LogP contribution in [0.3, 0.4) is 0 Å². The minimum Gasteiger partial charge on any atom is -0.371 e. The molecule has 0 aromatic carbocycles. The lowest BCUT2D eigenvalue weighted by atomic mass is 10.1. The van der Waals surface area contributed by atoms with Crippen LogP contribution in [0.15, 0.2) is 23.3 Å². The zero-order valence-corrected chi connectivity index (χ0v) is 14.3. The number of rotatable bonds is 2. The molecular formula is C14H14F3IN2O2. The van der Waals surface area contributed by atoms with Crippen molar-refractivity contribution in [2.45, 2.75) is 39.2 Å². The Balaban J connectivity index is 2.65. The summed E-state index contributed by atoms with van der Waals surface area (Å²) in [5.41, 5.74) is -2.12. The second kappa shape index (κ2) is 5.80. The van der Waals surface area contributed by atoms with Gasteiger partial charge >= 0.3 is 6.18 Å². The number of nitrogens with zero attached hydrogens (tertiary/aromatic N) is 2. The van der Waals surface area contributed by atoms with Crippen LogP contribution in [0.2, 0.25) is 0 Å². The average molecular weight is 426 g/mol. The summed E-state index contributed by atoms with van der Waals surface area (Å²) in [6.07, 6.45) is -2.12. The highest BCUT2D eigenvalue weighted by molar-refractivity contribution is 14.1. The Morgan fingerprint density at radius 2 is 1.95 bits per heavy atom. The van der Waals surface area contributed by atoms with Crippen LogP contribution < -0.4 is 5.56 Å². The maximum absolute atomic E-state index is 13.2. The molecule has 4 nitrogen and oxygen atoms in total. The van der Waals surface area contributed by atoms with Gasteiger partial charge in [0, 0.05) is 12.4 Å². The summed E-state index contributed by atoms with van der Waals surface area (Å²) in [6, 6.07) is 0.973. The molecule has 22 heavy (non-hydrogen) atoms. The number of fused-ring (bicyclic) bond motifs is 1. The van der Waals surface area contributed by atoms with E-state index in [1.54, 1.807) is 43.4 Å². The lowest BCUT2D eigenvalue weighted by Gasteiger charge is -2.20. The summed E-state index contributed by atoms with van der Waals surface area (Å²) in [5, 5.41) is 0. The molecule has 0 unspecified atom stereocenters. The van der Waals surface area contributed by atoms with E-state index in [0.29, 0.717) is 0 Å².